The number of alkyl halides is 1. The van der Waals surface area contributed by atoms with E-state index in [0.29, 0.717) is 60.4 Å². The minimum absolute atomic E-state index is 0.321. The Morgan fingerprint density at radius 3 is 2.66 bits per heavy atom. The number of halogens is 2. The van der Waals surface area contributed by atoms with E-state index >= 15 is 0 Å². The van der Waals surface area contributed by atoms with Crippen LogP contribution in [0.1, 0.15) is 24.0 Å². The van der Waals surface area contributed by atoms with E-state index in [1.165, 1.54) is 0 Å². The molecule has 32 heavy (non-hydrogen) atoms. The maximum Gasteiger partial charge on any atom is 0.159 e. The van der Waals surface area contributed by atoms with Crippen molar-refractivity contribution in [2.24, 2.45) is 0 Å². The second-order valence-electron chi connectivity index (χ2n) is 7.91. The third-order valence-electron chi connectivity index (χ3n) is 5.81. The van der Waals surface area contributed by atoms with Crippen LogP contribution in [0.5, 0.6) is 5.75 Å². The highest BCUT2D eigenvalue weighted by Crippen LogP contribution is 2.33. The second-order valence-corrected chi connectivity index (χ2v) is 8.32. The molecule has 0 atom stereocenters. The van der Waals surface area contributed by atoms with Crippen molar-refractivity contribution in [2.45, 2.75) is 25.0 Å². The van der Waals surface area contributed by atoms with Gasteiger partial charge in [0.2, 0.25) is 0 Å². The number of rotatable bonds is 6. The van der Waals surface area contributed by atoms with E-state index in [1.54, 1.807) is 25.3 Å². The van der Waals surface area contributed by atoms with E-state index in [-0.39, 0.29) is 0 Å². The van der Waals surface area contributed by atoms with Gasteiger partial charge >= 0.3 is 0 Å². The highest BCUT2D eigenvalue weighted by Gasteiger charge is 2.33. The zero-order valence-corrected chi connectivity index (χ0v) is 18.4. The summed E-state index contributed by atoms with van der Waals surface area (Å²) in [6.07, 6.45) is 0.641. The van der Waals surface area contributed by atoms with E-state index < -0.39 is 12.3 Å². The van der Waals surface area contributed by atoms with Crippen molar-refractivity contribution in [1.82, 2.24) is 10.2 Å². The van der Waals surface area contributed by atoms with Gasteiger partial charge in [-0.1, -0.05) is 17.7 Å². The Kier molecular flexibility index (Phi) is 6.31. The standard InChI is InChI=1S/C23H23ClFN5O2/c1-32-20-5-3-16(11-19(20)24)13-27-21-18-10-15(12-26)2-4-17(18)22(29-28-21)30-8-6-23(31,14-25)7-9-30/h2-5,10-11,31H,6-9,13-14H2,1H3,(H,27,28). The summed E-state index contributed by atoms with van der Waals surface area (Å²) >= 11 is 6.22. The van der Waals surface area contributed by atoms with Crippen LogP contribution < -0.4 is 15.0 Å². The van der Waals surface area contributed by atoms with Crippen LogP contribution in [0.25, 0.3) is 10.8 Å². The van der Waals surface area contributed by atoms with Crippen molar-refractivity contribution in [3.05, 3.63) is 52.5 Å². The van der Waals surface area contributed by atoms with Gasteiger partial charge in [-0.3, -0.25) is 0 Å². The molecule has 7 nitrogen and oxygen atoms in total. The highest BCUT2D eigenvalue weighted by molar-refractivity contribution is 6.32. The largest absolute Gasteiger partial charge is 0.495 e. The van der Waals surface area contributed by atoms with Gasteiger partial charge in [-0.2, -0.15) is 5.26 Å². The van der Waals surface area contributed by atoms with Crippen molar-refractivity contribution >= 4 is 34.0 Å². The fraction of sp³-hybridized carbons (Fsp3) is 0.348. The summed E-state index contributed by atoms with van der Waals surface area (Å²) in [7, 11) is 1.57. The summed E-state index contributed by atoms with van der Waals surface area (Å²) in [5.74, 6) is 1.80. The summed E-state index contributed by atoms with van der Waals surface area (Å²) < 4.78 is 18.3. The number of methoxy groups -OCH3 is 1. The van der Waals surface area contributed by atoms with Crippen molar-refractivity contribution < 1.29 is 14.2 Å². The van der Waals surface area contributed by atoms with E-state index in [1.807, 2.05) is 23.1 Å². The first kappa shape index (κ1) is 22.1. The van der Waals surface area contributed by atoms with Gasteiger partial charge in [-0.05, 0) is 48.7 Å². The minimum Gasteiger partial charge on any atom is -0.495 e. The topological polar surface area (TPSA) is 94.3 Å². The molecule has 0 spiro atoms. The number of nitrogens with zero attached hydrogens (tertiary/aromatic N) is 4. The molecule has 0 saturated carbocycles. The highest BCUT2D eigenvalue weighted by atomic mass is 35.5. The third kappa shape index (κ3) is 4.40. The number of nitriles is 1. The predicted molar refractivity (Wildman–Crippen MR) is 122 cm³/mol. The molecule has 0 aliphatic carbocycles. The fourth-order valence-corrected chi connectivity index (χ4v) is 4.13. The van der Waals surface area contributed by atoms with Gasteiger partial charge in [0.15, 0.2) is 11.6 Å². The first-order valence-corrected chi connectivity index (χ1v) is 10.6. The number of anilines is 2. The normalized spacial score (nSPS) is 15.4. The molecular formula is C23H23ClFN5O2. The second kappa shape index (κ2) is 9.15. The molecule has 2 N–H and O–H groups in total. The number of hydrogen-bond acceptors (Lipinski definition) is 7. The van der Waals surface area contributed by atoms with E-state index in [0.717, 1.165) is 16.3 Å². The Hall–Kier alpha value is -3.15. The van der Waals surface area contributed by atoms with Crippen LogP contribution in [0.2, 0.25) is 5.02 Å². The molecule has 0 amide bonds. The number of piperidine rings is 1. The van der Waals surface area contributed by atoms with Crippen LogP contribution in [-0.4, -0.2) is 47.8 Å². The Morgan fingerprint density at radius 1 is 1.22 bits per heavy atom. The molecule has 1 aliphatic rings. The van der Waals surface area contributed by atoms with Crippen molar-refractivity contribution in [1.29, 1.82) is 5.26 Å². The molecular weight excluding hydrogens is 433 g/mol. The number of nitrogens with one attached hydrogen (secondary N) is 1. The van der Waals surface area contributed by atoms with Crippen LogP contribution in [0.3, 0.4) is 0 Å². The molecule has 9 heteroatoms. The molecule has 166 valence electrons. The average Bonchev–Trinajstić information content (AvgIpc) is 2.83. The monoisotopic (exact) mass is 455 g/mol. The molecule has 0 bridgehead atoms. The lowest BCUT2D eigenvalue weighted by Crippen LogP contribution is -2.46. The Morgan fingerprint density at radius 2 is 2.00 bits per heavy atom. The molecule has 1 aromatic heterocycles. The lowest BCUT2D eigenvalue weighted by atomic mass is 9.93. The van der Waals surface area contributed by atoms with E-state index in [2.05, 4.69) is 21.6 Å². The molecule has 2 aromatic carbocycles. The van der Waals surface area contributed by atoms with Crippen LogP contribution in [0.15, 0.2) is 36.4 Å². The van der Waals surface area contributed by atoms with Crippen LogP contribution in [0, 0.1) is 11.3 Å². The zero-order chi connectivity index (χ0) is 22.7. The maximum absolute atomic E-state index is 13.1. The summed E-state index contributed by atoms with van der Waals surface area (Å²) in [6, 6.07) is 13.1. The molecule has 4 rings (SSSR count). The molecule has 0 unspecified atom stereocenters. The van der Waals surface area contributed by atoms with Crippen molar-refractivity contribution in [3.8, 4) is 11.8 Å². The Bertz CT molecular complexity index is 1170. The SMILES string of the molecule is COc1ccc(CNc2nnc(N3CCC(O)(CF)CC3)c3ccc(C#N)cc23)cc1Cl. The predicted octanol–water partition coefficient (Wildman–Crippen LogP) is 4.08. The maximum atomic E-state index is 13.1. The van der Waals surface area contributed by atoms with Gasteiger partial charge in [0.1, 0.15) is 12.4 Å². The first-order valence-electron chi connectivity index (χ1n) is 10.3. The van der Waals surface area contributed by atoms with Gasteiger partial charge < -0.3 is 20.1 Å². The number of ether oxygens (including phenoxy) is 1. The van der Waals surface area contributed by atoms with Crippen molar-refractivity contribution in [2.75, 3.05) is 37.1 Å². The van der Waals surface area contributed by atoms with Gasteiger partial charge in [0.05, 0.1) is 29.4 Å². The molecule has 1 fully saturated rings. The molecule has 1 aliphatic heterocycles. The number of fused-ring (bicyclic) bond motifs is 1. The number of aliphatic hydroxyl groups is 1. The van der Waals surface area contributed by atoms with E-state index in [4.69, 9.17) is 16.3 Å². The third-order valence-corrected chi connectivity index (χ3v) is 6.10. The van der Waals surface area contributed by atoms with Crippen LogP contribution in [0.4, 0.5) is 16.0 Å². The summed E-state index contributed by atoms with van der Waals surface area (Å²) in [5, 5.41) is 33.8. The summed E-state index contributed by atoms with van der Waals surface area (Å²) in [4.78, 5) is 2.00. The lowest BCUT2D eigenvalue weighted by Gasteiger charge is -2.37. The Labute approximate surface area is 190 Å². The molecule has 3 aromatic rings. The van der Waals surface area contributed by atoms with E-state index in [9.17, 15) is 14.8 Å². The smallest absolute Gasteiger partial charge is 0.159 e. The van der Waals surface area contributed by atoms with Crippen molar-refractivity contribution in [3.63, 3.8) is 0 Å². The minimum atomic E-state index is -1.27. The number of benzene rings is 2. The number of hydrogen-bond donors (Lipinski definition) is 2. The first-order chi connectivity index (χ1) is 15.5. The van der Waals surface area contributed by atoms with Gasteiger partial charge in [0, 0.05) is 30.4 Å². The Balaban J connectivity index is 1.63. The van der Waals surface area contributed by atoms with Crippen LogP contribution in [-0.2, 0) is 6.54 Å². The van der Waals surface area contributed by atoms with Gasteiger partial charge in [-0.15, -0.1) is 10.2 Å². The quantitative estimate of drug-likeness (QED) is 0.578. The number of aromatic nitrogens is 2. The summed E-state index contributed by atoms with van der Waals surface area (Å²) in [5.41, 5.74) is 0.180. The molecule has 1 saturated heterocycles. The zero-order valence-electron chi connectivity index (χ0n) is 17.6. The van der Waals surface area contributed by atoms with Gasteiger partial charge in [-0.25, -0.2) is 4.39 Å². The molecule has 2 heterocycles. The average molecular weight is 456 g/mol. The summed E-state index contributed by atoms with van der Waals surface area (Å²) in [6.45, 7) is 0.649. The lowest BCUT2D eigenvalue weighted by molar-refractivity contribution is -0.00611. The van der Waals surface area contributed by atoms with Crippen LogP contribution >= 0.6 is 11.6 Å². The van der Waals surface area contributed by atoms with Gasteiger partial charge in [0.25, 0.3) is 0 Å². The molecule has 0 radical (unpaired) electrons. The fourth-order valence-electron chi connectivity index (χ4n) is 3.85.